The van der Waals surface area contributed by atoms with Crippen molar-refractivity contribution in [1.82, 2.24) is 10.9 Å². The largest absolute Gasteiger partial charge is 0.493 e. The number of hydrogen-bond acceptors (Lipinski definition) is 8. The number of carbonyl (C=O) groups is 2. The number of ether oxygens (including phenoxy) is 4. The summed E-state index contributed by atoms with van der Waals surface area (Å²) in [6.45, 7) is 7.98. The van der Waals surface area contributed by atoms with Gasteiger partial charge in [-0.1, -0.05) is 31.7 Å². The van der Waals surface area contributed by atoms with Crippen LogP contribution in [0.15, 0.2) is 71.9 Å². The molecule has 0 heterocycles. The fourth-order valence-corrected chi connectivity index (χ4v) is 3.28. The van der Waals surface area contributed by atoms with Crippen molar-refractivity contribution in [3.63, 3.8) is 0 Å². The highest BCUT2D eigenvalue weighted by Crippen LogP contribution is 2.28. The summed E-state index contributed by atoms with van der Waals surface area (Å²) in [5, 5.41) is 7.97. The van der Waals surface area contributed by atoms with Crippen LogP contribution in [0.4, 0.5) is 0 Å². The quantitative estimate of drug-likeness (QED) is 0.126. The molecule has 10 nitrogen and oxygen atoms in total. The lowest BCUT2D eigenvalue weighted by atomic mass is 10.1. The molecule has 0 radical (unpaired) electrons. The molecule has 2 N–H and O–H groups in total. The summed E-state index contributed by atoms with van der Waals surface area (Å²) in [5.74, 6) is 1.92. The van der Waals surface area contributed by atoms with E-state index in [2.05, 4.69) is 34.2 Å². The van der Waals surface area contributed by atoms with Crippen LogP contribution >= 0.6 is 0 Å². The summed E-state index contributed by atoms with van der Waals surface area (Å²) < 4.78 is 21.7. The van der Waals surface area contributed by atoms with E-state index >= 15 is 0 Å². The van der Waals surface area contributed by atoms with Crippen molar-refractivity contribution in [2.75, 3.05) is 27.4 Å². The first-order valence-electron chi connectivity index (χ1n) is 12.5. The van der Waals surface area contributed by atoms with Gasteiger partial charge in [0.05, 0.1) is 26.6 Å². The maximum absolute atomic E-state index is 12.0. The van der Waals surface area contributed by atoms with Gasteiger partial charge in [0.15, 0.2) is 23.0 Å². The van der Waals surface area contributed by atoms with Crippen LogP contribution in [0.1, 0.15) is 43.2 Å². The average molecular weight is 537 g/mol. The molecule has 2 rings (SSSR count). The third-order valence-corrected chi connectivity index (χ3v) is 5.20. The van der Waals surface area contributed by atoms with Crippen LogP contribution in [0.25, 0.3) is 0 Å². The van der Waals surface area contributed by atoms with Crippen LogP contribution in [0.5, 0.6) is 23.0 Å². The second-order valence-electron chi connectivity index (χ2n) is 8.17. The number of nitrogens with zero attached hydrogens (tertiary/aromatic N) is 2. The third kappa shape index (κ3) is 11.5. The van der Waals surface area contributed by atoms with E-state index in [1.54, 1.807) is 62.8 Å². The molecular weight excluding hydrogens is 500 g/mol. The molecule has 0 unspecified atom stereocenters. The van der Waals surface area contributed by atoms with Gasteiger partial charge in [-0.15, -0.1) is 0 Å². The van der Waals surface area contributed by atoms with E-state index < -0.39 is 0 Å². The van der Waals surface area contributed by atoms with E-state index in [0.717, 1.165) is 17.5 Å². The van der Waals surface area contributed by atoms with Gasteiger partial charge in [-0.05, 0) is 60.4 Å². The fraction of sp³-hybridized carbons (Fsp3) is 0.310. The van der Waals surface area contributed by atoms with Gasteiger partial charge < -0.3 is 18.9 Å². The Kier molecular flexibility index (Phi) is 14.0. The van der Waals surface area contributed by atoms with Crippen LogP contribution in [-0.2, 0) is 9.59 Å². The SMILES string of the molecule is C=CCOc1ccc(C=NNC(=O)CCCCCC(=O)NN=Cc2ccc(OCC=C)c(OC)c2)cc1OC. The van der Waals surface area contributed by atoms with Crippen LogP contribution in [0.2, 0.25) is 0 Å². The molecule has 0 fully saturated rings. The molecule has 10 heteroatoms. The van der Waals surface area contributed by atoms with Crippen molar-refractivity contribution in [3.8, 4) is 23.0 Å². The molecule has 39 heavy (non-hydrogen) atoms. The molecule has 0 aliphatic carbocycles. The summed E-state index contributed by atoms with van der Waals surface area (Å²) in [7, 11) is 3.10. The van der Waals surface area contributed by atoms with Crippen molar-refractivity contribution >= 4 is 24.2 Å². The Bertz CT molecular complexity index is 1070. The van der Waals surface area contributed by atoms with E-state index in [-0.39, 0.29) is 11.8 Å². The van der Waals surface area contributed by atoms with Crippen LogP contribution in [-0.4, -0.2) is 51.7 Å². The van der Waals surface area contributed by atoms with Crippen molar-refractivity contribution in [2.24, 2.45) is 10.2 Å². The Morgan fingerprint density at radius 2 is 1.15 bits per heavy atom. The third-order valence-electron chi connectivity index (χ3n) is 5.20. The van der Waals surface area contributed by atoms with Gasteiger partial charge in [-0.3, -0.25) is 9.59 Å². The zero-order chi connectivity index (χ0) is 28.3. The minimum atomic E-state index is -0.199. The van der Waals surface area contributed by atoms with E-state index in [9.17, 15) is 9.59 Å². The highest BCUT2D eigenvalue weighted by Gasteiger charge is 2.06. The summed E-state index contributed by atoms with van der Waals surface area (Å²) in [6.07, 6.45) is 8.98. The number of amides is 2. The molecule has 2 amide bonds. The number of carbonyl (C=O) groups excluding carboxylic acids is 2. The van der Waals surface area contributed by atoms with E-state index in [0.29, 0.717) is 61.9 Å². The number of hydrogen-bond donors (Lipinski definition) is 2. The van der Waals surface area contributed by atoms with Gasteiger partial charge in [0.1, 0.15) is 13.2 Å². The van der Waals surface area contributed by atoms with Gasteiger partial charge >= 0.3 is 0 Å². The van der Waals surface area contributed by atoms with Gasteiger partial charge in [-0.2, -0.15) is 10.2 Å². The molecule has 2 aromatic rings. The van der Waals surface area contributed by atoms with Gasteiger partial charge in [0.2, 0.25) is 11.8 Å². The Hall–Kier alpha value is -4.60. The maximum atomic E-state index is 12.0. The van der Waals surface area contributed by atoms with Gasteiger partial charge in [-0.25, -0.2) is 10.9 Å². The summed E-state index contributed by atoms with van der Waals surface area (Å²) >= 11 is 0. The summed E-state index contributed by atoms with van der Waals surface area (Å²) in [4.78, 5) is 24.0. The maximum Gasteiger partial charge on any atom is 0.240 e. The van der Waals surface area contributed by atoms with Crippen molar-refractivity contribution < 1.29 is 28.5 Å². The van der Waals surface area contributed by atoms with Crippen LogP contribution < -0.4 is 29.8 Å². The molecule has 0 atom stereocenters. The minimum Gasteiger partial charge on any atom is -0.493 e. The van der Waals surface area contributed by atoms with Crippen LogP contribution in [0.3, 0.4) is 0 Å². The number of methoxy groups -OCH3 is 2. The number of rotatable bonds is 18. The molecular formula is C29H36N4O6. The van der Waals surface area contributed by atoms with Gasteiger partial charge in [0, 0.05) is 12.8 Å². The topological polar surface area (TPSA) is 120 Å². The molecule has 0 aromatic heterocycles. The molecule has 0 aliphatic heterocycles. The first kappa shape index (κ1) is 30.6. The zero-order valence-corrected chi connectivity index (χ0v) is 22.5. The average Bonchev–Trinajstić information content (AvgIpc) is 2.95. The number of unbranched alkanes of at least 4 members (excludes halogenated alkanes) is 2. The number of nitrogens with one attached hydrogen (secondary N) is 2. The smallest absolute Gasteiger partial charge is 0.240 e. The number of hydrazone groups is 2. The summed E-state index contributed by atoms with van der Waals surface area (Å²) in [5.41, 5.74) is 6.52. The first-order valence-corrected chi connectivity index (χ1v) is 12.5. The monoisotopic (exact) mass is 536 g/mol. The van der Waals surface area contributed by atoms with Crippen LogP contribution in [0, 0.1) is 0 Å². The molecule has 0 spiro atoms. The predicted molar refractivity (Wildman–Crippen MR) is 152 cm³/mol. The predicted octanol–water partition coefficient (Wildman–Crippen LogP) is 4.38. The second kappa shape index (κ2) is 17.8. The standard InChI is InChI=1S/C29H36N4O6/c1-5-16-38-24-14-12-22(18-26(24)36-3)20-30-32-28(34)10-8-7-9-11-29(35)33-31-21-23-13-15-25(39-17-6-2)27(19-23)37-4/h5-6,12-15,18-21H,1-2,7-11,16-17H2,3-4H3,(H,32,34)(H,33,35). The molecule has 0 saturated heterocycles. The van der Waals surface area contributed by atoms with Crippen molar-refractivity contribution in [3.05, 3.63) is 72.8 Å². The zero-order valence-electron chi connectivity index (χ0n) is 22.5. The highest BCUT2D eigenvalue weighted by atomic mass is 16.5. The lowest BCUT2D eigenvalue weighted by molar-refractivity contribution is -0.121. The Balaban J connectivity index is 1.64. The normalized spacial score (nSPS) is 10.7. The molecule has 2 aromatic carbocycles. The molecule has 0 bridgehead atoms. The van der Waals surface area contributed by atoms with E-state index in [1.165, 1.54) is 12.4 Å². The lowest BCUT2D eigenvalue weighted by Gasteiger charge is -2.09. The van der Waals surface area contributed by atoms with Crippen molar-refractivity contribution in [1.29, 1.82) is 0 Å². The molecule has 208 valence electrons. The van der Waals surface area contributed by atoms with Crippen molar-refractivity contribution in [2.45, 2.75) is 32.1 Å². The van der Waals surface area contributed by atoms with E-state index in [1.807, 2.05) is 0 Å². The molecule has 0 aliphatic rings. The lowest BCUT2D eigenvalue weighted by Crippen LogP contribution is -2.18. The van der Waals surface area contributed by atoms with Gasteiger partial charge in [0.25, 0.3) is 0 Å². The summed E-state index contributed by atoms with van der Waals surface area (Å²) in [6, 6.07) is 10.7. The number of benzene rings is 2. The molecule has 0 saturated carbocycles. The second-order valence-corrected chi connectivity index (χ2v) is 8.17. The first-order chi connectivity index (χ1) is 19.0. The minimum absolute atomic E-state index is 0.199. The highest BCUT2D eigenvalue weighted by molar-refractivity contribution is 5.84. The fourth-order valence-electron chi connectivity index (χ4n) is 3.28. The Labute approximate surface area is 229 Å². The Morgan fingerprint density at radius 3 is 1.54 bits per heavy atom. The van der Waals surface area contributed by atoms with E-state index in [4.69, 9.17) is 18.9 Å². The Morgan fingerprint density at radius 1 is 0.718 bits per heavy atom.